The van der Waals surface area contributed by atoms with E-state index >= 15 is 0 Å². The smallest absolute Gasteiger partial charge is 0.269 e. The van der Waals surface area contributed by atoms with E-state index in [2.05, 4.69) is 27.7 Å². The van der Waals surface area contributed by atoms with Crippen molar-refractivity contribution < 1.29 is 9.59 Å². The molecule has 1 fully saturated rings. The summed E-state index contributed by atoms with van der Waals surface area (Å²) in [5, 5.41) is 0. The van der Waals surface area contributed by atoms with Gasteiger partial charge in [-0.3, -0.25) is 19.0 Å². The van der Waals surface area contributed by atoms with Gasteiger partial charge in [0.25, 0.3) is 5.56 Å². The van der Waals surface area contributed by atoms with Crippen LogP contribution in [0.1, 0.15) is 67.6 Å². The van der Waals surface area contributed by atoms with Crippen molar-refractivity contribution >= 4 is 35.2 Å². The summed E-state index contributed by atoms with van der Waals surface area (Å²) in [4.78, 5) is 41.6. The molecule has 1 saturated heterocycles. The molecule has 1 aliphatic heterocycles. The number of benzene rings is 2. The molecule has 1 aromatic heterocycles. The van der Waals surface area contributed by atoms with Crippen molar-refractivity contribution in [2.75, 3.05) is 13.1 Å². The fourth-order valence-electron chi connectivity index (χ4n) is 4.43. The third kappa shape index (κ3) is 6.55. The zero-order valence-corrected chi connectivity index (χ0v) is 23.2. The maximum Gasteiger partial charge on any atom is 0.269 e. The Morgan fingerprint density at radius 3 is 2.22 bits per heavy atom. The third-order valence-corrected chi connectivity index (χ3v) is 8.09. The lowest BCUT2D eigenvalue weighted by molar-refractivity contribution is -0.133. The highest BCUT2D eigenvalue weighted by Crippen LogP contribution is 2.22. The fraction of sp³-hybridized carbons (Fsp3) is 0.387. The Labute approximate surface area is 222 Å². The maximum atomic E-state index is 13.4. The molecule has 3 aromatic rings. The van der Waals surface area contributed by atoms with Gasteiger partial charge in [0.2, 0.25) is 5.91 Å². The summed E-state index contributed by atoms with van der Waals surface area (Å²) in [6, 6.07) is 15.5. The predicted molar refractivity (Wildman–Crippen MR) is 151 cm³/mol. The lowest BCUT2D eigenvalue weighted by Gasteiger charge is -2.30. The normalized spacial score (nSPS) is 15.9. The van der Waals surface area contributed by atoms with Gasteiger partial charge in [-0.05, 0) is 48.3 Å². The number of Topliss-reactive ketones (excluding diaryl/α,β-unsaturated/α-hetero) is 1. The summed E-state index contributed by atoms with van der Waals surface area (Å²) in [5.41, 5.74) is 3.50. The van der Waals surface area contributed by atoms with Crippen LogP contribution < -0.4 is 14.8 Å². The Bertz CT molecular complexity index is 1450. The number of carbonyl (C=O) groups is 2. The molecule has 194 valence electrons. The molecule has 0 saturated carbocycles. The first-order chi connectivity index (χ1) is 17.5. The second-order valence-corrected chi connectivity index (χ2v) is 12.2. The van der Waals surface area contributed by atoms with Gasteiger partial charge in [-0.15, -0.1) is 11.3 Å². The number of piperidine rings is 1. The van der Waals surface area contributed by atoms with Crippen molar-refractivity contribution in [3.8, 4) is 0 Å². The second kappa shape index (κ2) is 11.0. The molecule has 0 radical (unpaired) electrons. The van der Waals surface area contributed by atoms with E-state index in [1.54, 1.807) is 0 Å². The third-order valence-electron chi connectivity index (χ3n) is 7.03. The zero-order valence-electron chi connectivity index (χ0n) is 22.4. The Balaban J connectivity index is 1.73. The largest absolute Gasteiger partial charge is 0.341 e. The number of rotatable bonds is 5. The summed E-state index contributed by atoms with van der Waals surface area (Å²) >= 11 is 1.25. The van der Waals surface area contributed by atoms with Gasteiger partial charge in [-0.25, -0.2) is 0 Å². The summed E-state index contributed by atoms with van der Waals surface area (Å²) in [6.45, 7) is 12.0. The second-order valence-electron chi connectivity index (χ2n) is 11.2. The van der Waals surface area contributed by atoms with Crippen molar-refractivity contribution in [1.29, 1.82) is 0 Å². The molecule has 1 aliphatic rings. The van der Waals surface area contributed by atoms with Crippen molar-refractivity contribution in [1.82, 2.24) is 9.47 Å². The molecule has 37 heavy (non-hydrogen) atoms. The SMILES string of the molecule is Cc1ccc(C=c2sc(=CC(=O)c3ccc(C(C)(C)C)cc3)n(CC(=O)N3CCC(C)CC3)c2=O)cc1. The van der Waals surface area contributed by atoms with Gasteiger partial charge < -0.3 is 4.90 Å². The van der Waals surface area contributed by atoms with E-state index in [4.69, 9.17) is 0 Å². The molecule has 0 aliphatic carbocycles. The van der Waals surface area contributed by atoms with E-state index in [-0.39, 0.29) is 29.2 Å². The Kier molecular flexibility index (Phi) is 7.98. The molecule has 6 heteroatoms. The van der Waals surface area contributed by atoms with E-state index < -0.39 is 0 Å². The number of aryl methyl sites for hydroxylation is 1. The van der Waals surface area contributed by atoms with Gasteiger partial charge in [0.1, 0.15) is 11.2 Å². The highest BCUT2D eigenvalue weighted by molar-refractivity contribution is 7.07. The standard InChI is InChI=1S/C31H36N2O3S/c1-21-6-8-23(9-7-21)18-27-30(36)33(20-28(35)32-16-14-22(2)15-17-32)29(37-27)19-26(34)24-10-12-25(13-11-24)31(3,4)5/h6-13,18-19,22H,14-17,20H2,1-5H3. The molecular weight excluding hydrogens is 480 g/mol. The molecule has 1 amide bonds. The molecule has 0 N–H and O–H groups in total. The first-order valence-corrected chi connectivity index (χ1v) is 13.8. The minimum absolute atomic E-state index is 0.00710. The maximum absolute atomic E-state index is 13.4. The number of amides is 1. The van der Waals surface area contributed by atoms with Crippen molar-refractivity contribution in [3.63, 3.8) is 0 Å². The van der Waals surface area contributed by atoms with Crippen molar-refractivity contribution in [2.24, 2.45) is 5.92 Å². The van der Waals surface area contributed by atoms with Crippen LogP contribution in [-0.4, -0.2) is 34.2 Å². The van der Waals surface area contributed by atoms with E-state index in [1.165, 1.54) is 22.0 Å². The summed E-state index contributed by atoms with van der Waals surface area (Å²) < 4.78 is 2.46. The molecule has 4 rings (SSSR count). The molecule has 0 spiro atoms. The molecule has 0 unspecified atom stereocenters. The van der Waals surface area contributed by atoms with Gasteiger partial charge in [-0.2, -0.15) is 0 Å². The van der Waals surface area contributed by atoms with Crippen molar-refractivity contribution in [3.05, 3.63) is 90.3 Å². The number of hydrogen-bond acceptors (Lipinski definition) is 4. The number of likely N-dealkylation sites (tertiary alicyclic amines) is 1. The van der Waals surface area contributed by atoms with Crippen LogP contribution in [0.5, 0.6) is 0 Å². The summed E-state index contributed by atoms with van der Waals surface area (Å²) in [7, 11) is 0. The predicted octanol–water partition coefficient (Wildman–Crippen LogP) is 4.27. The van der Waals surface area contributed by atoms with E-state index in [0.717, 1.165) is 29.5 Å². The molecule has 2 heterocycles. The van der Waals surface area contributed by atoms with E-state index in [0.29, 0.717) is 33.8 Å². The average Bonchev–Trinajstić information content (AvgIpc) is 3.14. The number of nitrogens with zero attached hydrogens (tertiary/aromatic N) is 2. The molecule has 0 atom stereocenters. The highest BCUT2D eigenvalue weighted by Gasteiger charge is 2.22. The number of ketones is 1. The van der Waals surface area contributed by atoms with Gasteiger partial charge in [-0.1, -0.05) is 81.8 Å². The Hall–Kier alpha value is -3.25. The van der Waals surface area contributed by atoms with Crippen LogP contribution in [0.3, 0.4) is 0 Å². The van der Waals surface area contributed by atoms with Gasteiger partial charge in [0.15, 0.2) is 5.78 Å². The van der Waals surface area contributed by atoms with Crippen LogP contribution in [-0.2, 0) is 16.8 Å². The van der Waals surface area contributed by atoms with Crippen LogP contribution in [0.2, 0.25) is 0 Å². The number of thiazole rings is 1. The quantitative estimate of drug-likeness (QED) is 0.476. The van der Waals surface area contributed by atoms with Gasteiger partial charge in [0, 0.05) is 24.7 Å². The zero-order chi connectivity index (χ0) is 26.7. The highest BCUT2D eigenvalue weighted by atomic mass is 32.1. The van der Waals surface area contributed by atoms with Crippen LogP contribution in [0, 0.1) is 12.8 Å². The fourth-order valence-corrected chi connectivity index (χ4v) is 5.47. The average molecular weight is 517 g/mol. The Morgan fingerprint density at radius 2 is 1.62 bits per heavy atom. The lowest BCUT2D eigenvalue weighted by atomic mass is 9.86. The monoisotopic (exact) mass is 516 g/mol. The molecule has 2 aromatic carbocycles. The van der Waals surface area contributed by atoms with Crippen LogP contribution in [0.4, 0.5) is 0 Å². The minimum Gasteiger partial charge on any atom is -0.341 e. The van der Waals surface area contributed by atoms with Crippen molar-refractivity contribution in [2.45, 2.75) is 59.4 Å². The van der Waals surface area contributed by atoms with Gasteiger partial charge in [0.05, 0.1) is 4.53 Å². The number of carbonyl (C=O) groups excluding carboxylic acids is 2. The molecule has 5 nitrogen and oxygen atoms in total. The first-order valence-electron chi connectivity index (χ1n) is 12.9. The van der Waals surface area contributed by atoms with Crippen LogP contribution in [0.15, 0.2) is 53.3 Å². The summed E-state index contributed by atoms with van der Waals surface area (Å²) in [6.07, 6.45) is 5.27. The number of hydrogen-bond donors (Lipinski definition) is 0. The van der Waals surface area contributed by atoms with Gasteiger partial charge >= 0.3 is 0 Å². The van der Waals surface area contributed by atoms with E-state index in [1.807, 2.05) is 66.4 Å². The molecule has 0 bridgehead atoms. The Morgan fingerprint density at radius 1 is 1.00 bits per heavy atom. The first kappa shape index (κ1) is 26.8. The topological polar surface area (TPSA) is 59.4 Å². The minimum atomic E-state index is -0.244. The van der Waals surface area contributed by atoms with Crippen LogP contribution >= 0.6 is 11.3 Å². The summed E-state index contributed by atoms with van der Waals surface area (Å²) in [5.74, 6) is 0.344. The number of aromatic nitrogens is 1. The van der Waals surface area contributed by atoms with Crippen LogP contribution in [0.25, 0.3) is 12.2 Å². The van der Waals surface area contributed by atoms with E-state index in [9.17, 15) is 14.4 Å². The molecular formula is C31H36N2O3S. The lowest BCUT2D eigenvalue weighted by Crippen LogP contribution is -2.43.